The molecule has 1 atom stereocenters. The third-order valence-corrected chi connectivity index (χ3v) is 3.54. The lowest BCUT2D eigenvalue weighted by Crippen LogP contribution is -2.33. The minimum atomic E-state index is -1.14. The molecule has 6 nitrogen and oxygen atoms in total. The predicted molar refractivity (Wildman–Crippen MR) is 96.0 cm³/mol. The Bertz CT molecular complexity index is 555. The van der Waals surface area contributed by atoms with Crippen molar-refractivity contribution >= 4 is 40.3 Å². The summed E-state index contributed by atoms with van der Waals surface area (Å²) in [6.07, 6.45) is 0.641. The Balaban J connectivity index is 2.75. The molecule has 0 amide bonds. The molecule has 0 saturated carbocycles. The van der Waals surface area contributed by atoms with Gasteiger partial charge in [-0.25, -0.2) is 4.79 Å². The molecule has 0 fully saturated rings. The summed E-state index contributed by atoms with van der Waals surface area (Å²) in [6.45, 7) is 3.48. The van der Waals surface area contributed by atoms with Gasteiger partial charge in [0.25, 0.3) is 5.78 Å². The van der Waals surface area contributed by atoms with E-state index in [1.165, 1.54) is 0 Å². The highest BCUT2D eigenvalue weighted by molar-refractivity contribution is 14.1. The molecular formula is C17H21IO6. The van der Waals surface area contributed by atoms with Crippen molar-refractivity contribution in [2.75, 3.05) is 17.8 Å². The van der Waals surface area contributed by atoms with Crippen LogP contribution in [0.4, 0.5) is 0 Å². The molecule has 0 heterocycles. The molecule has 0 aliphatic carbocycles. The minimum Gasteiger partial charge on any atom is -0.483 e. The monoisotopic (exact) mass is 448 g/mol. The molecule has 132 valence electrons. The number of benzene rings is 1. The van der Waals surface area contributed by atoms with Gasteiger partial charge in [-0.3, -0.25) is 9.59 Å². The average Bonchev–Trinajstić information content (AvgIpc) is 2.57. The van der Waals surface area contributed by atoms with Crippen LogP contribution in [-0.4, -0.2) is 35.5 Å². The normalized spacial score (nSPS) is 11.5. The Morgan fingerprint density at radius 1 is 1.04 bits per heavy atom. The Hall–Kier alpha value is -1.64. The number of hydrogen-bond acceptors (Lipinski definition) is 6. The van der Waals surface area contributed by atoms with Crippen molar-refractivity contribution in [3.05, 3.63) is 29.8 Å². The van der Waals surface area contributed by atoms with Gasteiger partial charge in [0.15, 0.2) is 0 Å². The van der Waals surface area contributed by atoms with Gasteiger partial charge in [0.1, 0.15) is 16.3 Å². The van der Waals surface area contributed by atoms with Crippen LogP contribution in [0.25, 0.3) is 0 Å². The van der Waals surface area contributed by atoms with Crippen molar-refractivity contribution in [2.24, 2.45) is 5.92 Å². The molecule has 1 rings (SSSR count). The number of hydrogen-bond donors (Lipinski definition) is 0. The number of ether oxygens (including phenoxy) is 3. The first-order valence-corrected chi connectivity index (χ1v) is 9.21. The van der Waals surface area contributed by atoms with Crippen LogP contribution in [0.3, 0.4) is 0 Å². The Kier molecular flexibility index (Phi) is 9.36. The minimum absolute atomic E-state index is 0.0817. The number of ketones is 1. The van der Waals surface area contributed by atoms with Crippen LogP contribution >= 0.6 is 22.6 Å². The molecular weight excluding hydrogens is 427 g/mol. The lowest BCUT2D eigenvalue weighted by atomic mass is 9.95. The number of halogens is 1. The zero-order valence-electron chi connectivity index (χ0n) is 13.7. The van der Waals surface area contributed by atoms with Crippen molar-refractivity contribution in [2.45, 2.75) is 26.7 Å². The highest BCUT2D eigenvalue weighted by atomic mass is 127. The molecule has 24 heavy (non-hydrogen) atoms. The van der Waals surface area contributed by atoms with Gasteiger partial charge >= 0.3 is 11.9 Å². The summed E-state index contributed by atoms with van der Waals surface area (Å²) >= 11 is 2.10. The van der Waals surface area contributed by atoms with Crippen LogP contribution in [0.15, 0.2) is 24.3 Å². The Morgan fingerprint density at radius 3 is 2.21 bits per heavy atom. The largest absolute Gasteiger partial charge is 0.483 e. The first-order valence-electron chi connectivity index (χ1n) is 7.68. The summed E-state index contributed by atoms with van der Waals surface area (Å²) in [4.78, 5) is 35.7. The highest BCUT2D eigenvalue weighted by Gasteiger charge is 2.33. The SMILES string of the molecule is CCOC(=O)C(=O)C(CCc1ccc(OCI)cc1)C(=O)OCC. The summed E-state index contributed by atoms with van der Waals surface area (Å²) in [5.74, 6) is -2.95. The van der Waals surface area contributed by atoms with Crippen LogP contribution in [0.1, 0.15) is 25.8 Å². The molecule has 1 aromatic rings. The highest BCUT2D eigenvalue weighted by Crippen LogP contribution is 2.17. The van der Waals surface area contributed by atoms with Crippen LogP contribution in [-0.2, 0) is 30.3 Å². The van der Waals surface area contributed by atoms with Crippen LogP contribution in [0, 0.1) is 5.92 Å². The van der Waals surface area contributed by atoms with Gasteiger partial charge in [-0.15, -0.1) is 0 Å². The molecule has 1 unspecified atom stereocenters. The number of esters is 2. The quantitative estimate of drug-likeness (QED) is 0.180. The number of aryl methyl sites for hydroxylation is 1. The second-order valence-electron chi connectivity index (χ2n) is 4.83. The van der Waals surface area contributed by atoms with E-state index < -0.39 is 23.6 Å². The smallest absolute Gasteiger partial charge is 0.375 e. The summed E-state index contributed by atoms with van der Waals surface area (Å²) in [5.41, 5.74) is 0.932. The van der Waals surface area contributed by atoms with Crippen molar-refractivity contribution in [1.29, 1.82) is 0 Å². The van der Waals surface area contributed by atoms with Gasteiger partial charge in [-0.1, -0.05) is 12.1 Å². The maximum atomic E-state index is 12.1. The van der Waals surface area contributed by atoms with E-state index in [1.807, 2.05) is 24.3 Å². The van der Waals surface area contributed by atoms with Crippen LogP contribution in [0.2, 0.25) is 0 Å². The first kappa shape index (κ1) is 20.4. The zero-order chi connectivity index (χ0) is 17.9. The molecule has 0 saturated heterocycles. The fourth-order valence-electron chi connectivity index (χ4n) is 2.07. The van der Waals surface area contributed by atoms with Crippen molar-refractivity contribution < 1.29 is 28.6 Å². The van der Waals surface area contributed by atoms with Crippen molar-refractivity contribution in [3.63, 3.8) is 0 Å². The third kappa shape index (κ3) is 6.46. The molecule has 0 aliphatic heterocycles. The van der Waals surface area contributed by atoms with Gasteiger partial charge < -0.3 is 14.2 Å². The standard InChI is InChI=1S/C17H21IO6/c1-3-22-16(20)14(15(19)17(21)23-4-2)10-7-12-5-8-13(9-6-12)24-11-18/h5-6,8-9,14H,3-4,7,10-11H2,1-2H3. The van der Waals surface area contributed by atoms with Gasteiger partial charge in [0.2, 0.25) is 0 Å². The van der Waals surface area contributed by atoms with E-state index in [-0.39, 0.29) is 19.6 Å². The lowest BCUT2D eigenvalue weighted by molar-refractivity contribution is -0.162. The number of carbonyl (C=O) groups excluding carboxylic acids is 3. The molecule has 1 aromatic carbocycles. The molecule has 0 radical (unpaired) electrons. The predicted octanol–water partition coefficient (Wildman–Crippen LogP) is 2.70. The second-order valence-corrected chi connectivity index (χ2v) is 5.45. The molecule has 7 heteroatoms. The fraction of sp³-hybridized carbons (Fsp3) is 0.471. The zero-order valence-corrected chi connectivity index (χ0v) is 15.9. The maximum absolute atomic E-state index is 12.1. The summed E-state index contributed by atoms with van der Waals surface area (Å²) < 4.78 is 15.5. The van der Waals surface area contributed by atoms with Gasteiger partial charge in [0, 0.05) is 0 Å². The van der Waals surface area contributed by atoms with Gasteiger partial charge in [-0.05, 0) is 67.0 Å². The molecule has 0 bridgehead atoms. The topological polar surface area (TPSA) is 78.9 Å². The van der Waals surface area contributed by atoms with E-state index in [0.29, 0.717) is 11.0 Å². The second kappa shape index (κ2) is 11.0. The van der Waals surface area contributed by atoms with E-state index in [1.54, 1.807) is 13.8 Å². The first-order chi connectivity index (χ1) is 11.5. The number of rotatable bonds is 10. The fourth-order valence-corrected chi connectivity index (χ4v) is 2.43. The van der Waals surface area contributed by atoms with E-state index in [9.17, 15) is 14.4 Å². The third-order valence-electron chi connectivity index (χ3n) is 3.23. The number of Topliss-reactive ketones (excluding diaryl/α,β-unsaturated/α-hetero) is 1. The van der Waals surface area contributed by atoms with E-state index in [0.717, 1.165) is 11.3 Å². The number of alkyl halides is 1. The van der Waals surface area contributed by atoms with Gasteiger partial charge in [0.05, 0.1) is 13.2 Å². The van der Waals surface area contributed by atoms with Crippen molar-refractivity contribution in [3.8, 4) is 5.75 Å². The summed E-state index contributed by atoms with van der Waals surface area (Å²) in [6, 6.07) is 7.36. The van der Waals surface area contributed by atoms with Crippen LogP contribution in [0.5, 0.6) is 5.75 Å². The number of carbonyl (C=O) groups is 3. The summed E-state index contributed by atoms with van der Waals surface area (Å²) in [5, 5.41) is 0. The molecule has 0 N–H and O–H groups in total. The van der Waals surface area contributed by atoms with E-state index in [4.69, 9.17) is 14.2 Å². The average molecular weight is 448 g/mol. The lowest BCUT2D eigenvalue weighted by Gasteiger charge is -2.14. The Morgan fingerprint density at radius 2 is 1.67 bits per heavy atom. The maximum Gasteiger partial charge on any atom is 0.375 e. The van der Waals surface area contributed by atoms with Crippen LogP contribution < -0.4 is 4.74 Å². The van der Waals surface area contributed by atoms with E-state index >= 15 is 0 Å². The van der Waals surface area contributed by atoms with E-state index in [2.05, 4.69) is 22.6 Å². The molecule has 0 aromatic heterocycles. The molecule has 0 spiro atoms. The van der Waals surface area contributed by atoms with Gasteiger partial charge in [-0.2, -0.15) is 0 Å². The Labute approximate surface area is 155 Å². The van der Waals surface area contributed by atoms with Crippen molar-refractivity contribution in [1.82, 2.24) is 0 Å². The molecule has 0 aliphatic rings. The summed E-state index contributed by atoms with van der Waals surface area (Å²) in [7, 11) is 0.